The van der Waals surface area contributed by atoms with E-state index in [9.17, 15) is 4.79 Å². The molecule has 134 valence electrons. The van der Waals surface area contributed by atoms with Gasteiger partial charge in [0.05, 0.1) is 23.4 Å². The standard InChI is InChI=1S/C17H20N8O/c1-11-5-14-15(22(11)2)16(20-10-19-14)23-7-13(8-23)25-9-12(6-21-25)24-4-3-18-17(24)26/h5-6,9-10,13H,3-4,7-8H2,1-2H3,(H,18,26). The number of anilines is 2. The summed E-state index contributed by atoms with van der Waals surface area (Å²) in [4.78, 5) is 24.6. The van der Waals surface area contributed by atoms with E-state index in [2.05, 4.69) is 42.8 Å². The van der Waals surface area contributed by atoms with Crippen LogP contribution in [-0.2, 0) is 7.05 Å². The predicted octanol–water partition coefficient (Wildman–Crippen LogP) is 1.06. The summed E-state index contributed by atoms with van der Waals surface area (Å²) in [5, 5.41) is 7.27. The maximum absolute atomic E-state index is 11.8. The number of aryl methyl sites for hydroxylation is 2. The summed E-state index contributed by atoms with van der Waals surface area (Å²) in [7, 11) is 2.04. The van der Waals surface area contributed by atoms with Gasteiger partial charge < -0.3 is 14.8 Å². The van der Waals surface area contributed by atoms with Gasteiger partial charge in [0.15, 0.2) is 5.82 Å². The summed E-state index contributed by atoms with van der Waals surface area (Å²) in [6, 6.07) is 2.31. The Hall–Kier alpha value is -3.10. The van der Waals surface area contributed by atoms with E-state index in [4.69, 9.17) is 0 Å². The van der Waals surface area contributed by atoms with Crippen LogP contribution >= 0.6 is 0 Å². The van der Waals surface area contributed by atoms with Gasteiger partial charge in [-0.25, -0.2) is 14.8 Å². The molecule has 0 saturated carbocycles. The Morgan fingerprint density at radius 2 is 2.12 bits per heavy atom. The van der Waals surface area contributed by atoms with Crippen molar-refractivity contribution in [1.29, 1.82) is 0 Å². The van der Waals surface area contributed by atoms with E-state index in [-0.39, 0.29) is 12.1 Å². The number of rotatable bonds is 3. The molecule has 0 bridgehead atoms. The van der Waals surface area contributed by atoms with Gasteiger partial charge >= 0.3 is 6.03 Å². The van der Waals surface area contributed by atoms with Crippen molar-refractivity contribution < 1.29 is 4.79 Å². The van der Waals surface area contributed by atoms with Crippen LogP contribution in [0.25, 0.3) is 11.0 Å². The summed E-state index contributed by atoms with van der Waals surface area (Å²) in [6.07, 6.45) is 5.34. The Labute approximate surface area is 150 Å². The monoisotopic (exact) mass is 352 g/mol. The first-order valence-corrected chi connectivity index (χ1v) is 8.73. The third kappa shape index (κ3) is 2.16. The molecule has 9 heteroatoms. The second-order valence-corrected chi connectivity index (χ2v) is 6.90. The molecule has 5 heterocycles. The van der Waals surface area contributed by atoms with E-state index < -0.39 is 0 Å². The number of hydrogen-bond acceptors (Lipinski definition) is 5. The highest BCUT2D eigenvalue weighted by molar-refractivity contribution is 5.93. The number of urea groups is 1. The molecule has 2 aliphatic heterocycles. The molecule has 0 radical (unpaired) electrons. The zero-order chi connectivity index (χ0) is 17.8. The molecule has 0 atom stereocenters. The van der Waals surface area contributed by atoms with Crippen molar-refractivity contribution in [3.05, 3.63) is 30.5 Å². The minimum atomic E-state index is -0.0535. The number of carbonyl (C=O) groups excluding carboxylic acids is 1. The first-order chi connectivity index (χ1) is 12.6. The highest BCUT2D eigenvalue weighted by Gasteiger charge is 2.32. The molecule has 1 N–H and O–H groups in total. The van der Waals surface area contributed by atoms with Crippen LogP contribution in [0.5, 0.6) is 0 Å². The number of carbonyl (C=O) groups is 1. The Morgan fingerprint density at radius 1 is 1.27 bits per heavy atom. The van der Waals surface area contributed by atoms with E-state index in [0.717, 1.165) is 35.6 Å². The van der Waals surface area contributed by atoms with E-state index in [1.807, 2.05) is 17.9 Å². The van der Waals surface area contributed by atoms with Gasteiger partial charge in [0.25, 0.3) is 0 Å². The van der Waals surface area contributed by atoms with Crippen LogP contribution in [0.15, 0.2) is 24.8 Å². The lowest BCUT2D eigenvalue weighted by molar-refractivity contribution is 0.252. The van der Waals surface area contributed by atoms with Crippen LogP contribution in [0.3, 0.4) is 0 Å². The van der Waals surface area contributed by atoms with Crippen molar-refractivity contribution in [2.75, 3.05) is 36.0 Å². The Kier molecular flexibility index (Phi) is 3.18. The molecule has 0 aliphatic carbocycles. The van der Waals surface area contributed by atoms with Crippen molar-refractivity contribution in [1.82, 2.24) is 29.6 Å². The minimum Gasteiger partial charge on any atom is -0.350 e. The number of hydrogen-bond donors (Lipinski definition) is 1. The first-order valence-electron chi connectivity index (χ1n) is 8.73. The molecule has 0 unspecified atom stereocenters. The van der Waals surface area contributed by atoms with Crippen LogP contribution in [0.4, 0.5) is 16.3 Å². The smallest absolute Gasteiger partial charge is 0.322 e. The summed E-state index contributed by atoms with van der Waals surface area (Å²) in [5.74, 6) is 0.966. The van der Waals surface area contributed by atoms with Gasteiger partial charge in [-0.1, -0.05) is 0 Å². The van der Waals surface area contributed by atoms with Gasteiger partial charge in [-0.15, -0.1) is 0 Å². The number of aromatic nitrogens is 5. The largest absolute Gasteiger partial charge is 0.350 e. The Bertz CT molecular complexity index is 1000. The predicted molar refractivity (Wildman–Crippen MR) is 97.5 cm³/mol. The maximum Gasteiger partial charge on any atom is 0.322 e. The van der Waals surface area contributed by atoms with Gasteiger partial charge in [-0.05, 0) is 13.0 Å². The van der Waals surface area contributed by atoms with Crippen molar-refractivity contribution in [3.8, 4) is 0 Å². The van der Waals surface area contributed by atoms with Crippen molar-refractivity contribution in [2.45, 2.75) is 13.0 Å². The van der Waals surface area contributed by atoms with Crippen LogP contribution in [-0.4, -0.2) is 56.5 Å². The molecular weight excluding hydrogens is 332 g/mol. The lowest BCUT2D eigenvalue weighted by Crippen LogP contribution is -2.48. The van der Waals surface area contributed by atoms with Gasteiger partial charge in [-0.3, -0.25) is 9.58 Å². The average Bonchev–Trinajstić information content (AvgIpc) is 3.27. The summed E-state index contributed by atoms with van der Waals surface area (Å²) in [6.45, 7) is 5.12. The van der Waals surface area contributed by atoms with E-state index in [0.29, 0.717) is 13.1 Å². The Balaban J connectivity index is 1.35. The first kappa shape index (κ1) is 15.2. The fourth-order valence-corrected chi connectivity index (χ4v) is 3.69. The molecule has 9 nitrogen and oxygen atoms in total. The zero-order valence-corrected chi connectivity index (χ0v) is 14.8. The van der Waals surface area contributed by atoms with Crippen molar-refractivity contribution in [3.63, 3.8) is 0 Å². The van der Waals surface area contributed by atoms with Crippen LogP contribution < -0.4 is 15.1 Å². The lowest BCUT2D eigenvalue weighted by Gasteiger charge is -2.40. The topological polar surface area (TPSA) is 84.1 Å². The second kappa shape index (κ2) is 5.45. The number of nitrogens with one attached hydrogen (secondary N) is 1. The fourth-order valence-electron chi connectivity index (χ4n) is 3.69. The third-order valence-corrected chi connectivity index (χ3v) is 5.33. The molecule has 3 aromatic heterocycles. The lowest BCUT2D eigenvalue weighted by atomic mass is 10.1. The molecule has 0 aromatic carbocycles. The molecule has 2 aliphatic rings. The highest BCUT2D eigenvalue weighted by Crippen LogP contribution is 2.32. The number of nitrogens with zero attached hydrogens (tertiary/aromatic N) is 7. The maximum atomic E-state index is 11.8. The molecular formula is C17H20N8O. The molecule has 2 saturated heterocycles. The highest BCUT2D eigenvalue weighted by atomic mass is 16.2. The molecule has 3 aromatic rings. The average molecular weight is 352 g/mol. The molecule has 26 heavy (non-hydrogen) atoms. The summed E-state index contributed by atoms with van der Waals surface area (Å²) >= 11 is 0. The van der Waals surface area contributed by atoms with Gasteiger partial charge in [0.1, 0.15) is 11.8 Å². The minimum absolute atomic E-state index is 0.0535. The van der Waals surface area contributed by atoms with E-state index in [1.165, 1.54) is 5.69 Å². The number of fused-ring (bicyclic) bond motifs is 1. The molecule has 2 fully saturated rings. The Morgan fingerprint density at radius 3 is 2.88 bits per heavy atom. The number of amides is 2. The van der Waals surface area contributed by atoms with Crippen molar-refractivity contribution >= 4 is 28.6 Å². The SMILES string of the molecule is Cc1cc2ncnc(N3CC(n4cc(N5CCNC5=O)cn4)C3)c2n1C. The quantitative estimate of drug-likeness (QED) is 0.762. The van der Waals surface area contributed by atoms with Crippen LogP contribution in [0.1, 0.15) is 11.7 Å². The van der Waals surface area contributed by atoms with Gasteiger partial charge in [0.2, 0.25) is 0 Å². The van der Waals surface area contributed by atoms with Crippen LogP contribution in [0, 0.1) is 6.92 Å². The van der Waals surface area contributed by atoms with Gasteiger partial charge in [-0.2, -0.15) is 5.10 Å². The normalized spacial score (nSPS) is 17.8. The molecule has 2 amide bonds. The fraction of sp³-hybridized carbons (Fsp3) is 0.412. The third-order valence-electron chi connectivity index (χ3n) is 5.33. The second-order valence-electron chi connectivity index (χ2n) is 6.90. The summed E-state index contributed by atoms with van der Waals surface area (Å²) < 4.78 is 4.09. The summed E-state index contributed by atoms with van der Waals surface area (Å²) in [5.41, 5.74) is 4.05. The zero-order valence-electron chi connectivity index (χ0n) is 14.8. The van der Waals surface area contributed by atoms with Gasteiger partial charge in [0, 0.05) is 45.1 Å². The van der Waals surface area contributed by atoms with E-state index >= 15 is 0 Å². The van der Waals surface area contributed by atoms with Crippen LogP contribution in [0.2, 0.25) is 0 Å². The van der Waals surface area contributed by atoms with Crippen molar-refractivity contribution in [2.24, 2.45) is 7.05 Å². The molecule has 0 spiro atoms. The molecule has 5 rings (SSSR count). The van der Waals surface area contributed by atoms with E-state index in [1.54, 1.807) is 17.4 Å².